The fraction of sp³-hybridized carbons (Fsp3) is 0.438. The average molecular weight is 397 g/mol. The first-order valence-electron chi connectivity index (χ1n) is 7.78. The lowest BCUT2D eigenvalue weighted by atomic mass is 9.98. The van der Waals surface area contributed by atoms with Gasteiger partial charge < -0.3 is 21.7 Å². The smallest absolute Gasteiger partial charge is 0.312 e. The van der Waals surface area contributed by atoms with Crippen molar-refractivity contribution in [3.8, 4) is 0 Å². The van der Waals surface area contributed by atoms with Gasteiger partial charge in [0.05, 0.1) is 12.5 Å². The standard InChI is InChI=1S/C16H21BrN4O3/c17-11-5-3-4-10(8-11)12(20-16(19)24)9-14(22)21-7-2-1-6-13(21)15(18)23/h3-5,8,12-13H,1-2,6-7,9H2,(H2,18,23)(H3,19,20,24)/t12-,13+/m0/s1. The van der Waals surface area contributed by atoms with Crippen LogP contribution in [0.2, 0.25) is 0 Å². The monoisotopic (exact) mass is 396 g/mol. The molecule has 0 radical (unpaired) electrons. The molecule has 1 aliphatic heterocycles. The van der Waals surface area contributed by atoms with E-state index in [0.29, 0.717) is 13.0 Å². The molecule has 2 rings (SSSR count). The van der Waals surface area contributed by atoms with E-state index in [4.69, 9.17) is 11.5 Å². The number of hydrogen-bond acceptors (Lipinski definition) is 3. The Morgan fingerprint density at radius 1 is 1.29 bits per heavy atom. The van der Waals surface area contributed by atoms with E-state index in [1.807, 2.05) is 18.2 Å². The normalized spacial score (nSPS) is 18.7. The highest BCUT2D eigenvalue weighted by Gasteiger charge is 2.32. The van der Waals surface area contributed by atoms with Crippen molar-refractivity contribution in [3.05, 3.63) is 34.3 Å². The molecule has 1 heterocycles. The zero-order valence-corrected chi connectivity index (χ0v) is 14.8. The molecule has 4 amide bonds. The summed E-state index contributed by atoms with van der Waals surface area (Å²) in [7, 11) is 0. The third-order valence-corrected chi connectivity index (χ3v) is 4.59. The summed E-state index contributed by atoms with van der Waals surface area (Å²) in [6.45, 7) is 0.494. The van der Waals surface area contributed by atoms with Crippen LogP contribution in [0.25, 0.3) is 0 Å². The molecule has 7 nitrogen and oxygen atoms in total. The van der Waals surface area contributed by atoms with Crippen LogP contribution in [0.15, 0.2) is 28.7 Å². The van der Waals surface area contributed by atoms with Gasteiger partial charge in [0, 0.05) is 11.0 Å². The average Bonchev–Trinajstić information content (AvgIpc) is 2.53. The lowest BCUT2D eigenvalue weighted by Crippen LogP contribution is -2.51. The minimum atomic E-state index is -0.710. The van der Waals surface area contributed by atoms with Gasteiger partial charge >= 0.3 is 6.03 Å². The van der Waals surface area contributed by atoms with E-state index >= 15 is 0 Å². The lowest BCUT2D eigenvalue weighted by molar-refractivity contribution is -0.141. The summed E-state index contributed by atoms with van der Waals surface area (Å²) in [5, 5.41) is 2.59. The number of hydrogen-bond donors (Lipinski definition) is 3. The molecule has 0 unspecified atom stereocenters. The van der Waals surface area contributed by atoms with Gasteiger partial charge in [-0.25, -0.2) is 4.79 Å². The van der Waals surface area contributed by atoms with E-state index in [2.05, 4.69) is 21.2 Å². The van der Waals surface area contributed by atoms with E-state index < -0.39 is 24.0 Å². The molecule has 0 bridgehead atoms. The third kappa shape index (κ3) is 4.70. The van der Waals surface area contributed by atoms with Gasteiger partial charge in [0.25, 0.3) is 0 Å². The van der Waals surface area contributed by atoms with Gasteiger partial charge in [-0.15, -0.1) is 0 Å². The molecule has 1 saturated heterocycles. The summed E-state index contributed by atoms with van der Waals surface area (Å²) in [6.07, 6.45) is 2.29. The predicted octanol–water partition coefficient (Wildman–Crippen LogP) is 1.41. The summed E-state index contributed by atoms with van der Waals surface area (Å²) in [5.41, 5.74) is 11.4. The van der Waals surface area contributed by atoms with Gasteiger partial charge in [0.1, 0.15) is 6.04 Å². The predicted molar refractivity (Wildman–Crippen MR) is 92.8 cm³/mol. The molecule has 8 heteroatoms. The Morgan fingerprint density at radius 2 is 2.04 bits per heavy atom. The molecule has 0 spiro atoms. The Bertz CT molecular complexity index is 638. The van der Waals surface area contributed by atoms with Crippen LogP contribution < -0.4 is 16.8 Å². The number of likely N-dealkylation sites (tertiary alicyclic amines) is 1. The minimum Gasteiger partial charge on any atom is -0.368 e. The fourth-order valence-electron chi connectivity index (χ4n) is 2.97. The van der Waals surface area contributed by atoms with Crippen molar-refractivity contribution < 1.29 is 14.4 Å². The van der Waals surface area contributed by atoms with Gasteiger partial charge in [-0.2, -0.15) is 0 Å². The Labute approximate surface area is 148 Å². The summed E-state index contributed by atoms with van der Waals surface area (Å²) in [5.74, 6) is -0.720. The maximum absolute atomic E-state index is 12.7. The second-order valence-electron chi connectivity index (χ2n) is 5.82. The van der Waals surface area contributed by atoms with Crippen molar-refractivity contribution in [2.75, 3.05) is 6.54 Å². The van der Waals surface area contributed by atoms with Crippen molar-refractivity contribution in [1.82, 2.24) is 10.2 Å². The number of carbonyl (C=O) groups is 3. The number of urea groups is 1. The van der Waals surface area contributed by atoms with E-state index in [0.717, 1.165) is 22.9 Å². The van der Waals surface area contributed by atoms with Crippen LogP contribution in [0.4, 0.5) is 4.79 Å². The Morgan fingerprint density at radius 3 is 2.67 bits per heavy atom. The maximum atomic E-state index is 12.7. The first-order chi connectivity index (χ1) is 11.4. The van der Waals surface area contributed by atoms with Crippen molar-refractivity contribution >= 4 is 33.8 Å². The number of halogens is 1. The lowest BCUT2D eigenvalue weighted by Gasteiger charge is -2.34. The minimum absolute atomic E-state index is 0.0170. The van der Waals surface area contributed by atoms with Gasteiger partial charge in [0.2, 0.25) is 11.8 Å². The largest absolute Gasteiger partial charge is 0.368 e. The topological polar surface area (TPSA) is 119 Å². The van der Waals surface area contributed by atoms with Crippen LogP contribution in [-0.2, 0) is 9.59 Å². The highest BCUT2D eigenvalue weighted by atomic mass is 79.9. The first kappa shape index (κ1) is 18.3. The molecular weight excluding hydrogens is 376 g/mol. The van der Waals surface area contributed by atoms with Crippen molar-refractivity contribution in [2.45, 2.75) is 37.8 Å². The van der Waals surface area contributed by atoms with Gasteiger partial charge in [-0.1, -0.05) is 28.1 Å². The number of rotatable bonds is 5. The highest BCUT2D eigenvalue weighted by molar-refractivity contribution is 9.10. The van der Waals surface area contributed by atoms with Crippen LogP contribution in [0.3, 0.4) is 0 Å². The summed E-state index contributed by atoms with van der Waals surface area (Å²) in [6, 6.07) is 5.42. The first-order valence-corrected chi connectivity index (χ1v) is 8.58. The Balaban J connectivity index is 2.17. The van der Waals surface area contributed by atoms with Crippen LogP contribution in [0, 0.1) is 0 Å². The van der Waals surface area contributed by atoms with Crippen LogP contribution in [-0.4, -0.2) is 35.3 Å². The molecule has 1 fully saturated rings. The van der Waals surface area contributed by atoms with Crippen molar-refractivity contribution in [3.63, 3.8) is 0 Å². The van der Waals surface area contributed by atoms with Crippen molar-refractivity contribution in [1.29, 1.82) is 0 Å². The molecule has 130 valence electrons. The zero-order chi connectivity index (χ0) is 17.7. The number of nitrogens with zero attached hydrogens (tertiary/aromatic N) is 1. The molecule has 1 aromatic rings. The summed E-state index contributed by atoms with van der Waals surface area (Å²) >= 11 is 3.37. The van der Waals surface area contributed by atoms with E-state index in [1.165, 1.54) is 4.90 Å². The van der Waals surface area contributed by atoms with Gasteiger partial charge in [0.15, 0.2) is 0 Å². The molecule has 24 heavy (non-hydrogen) atoms. The quantitative estimate of drug-likeness (QED) is 0.697. The number of amides is 4. The maximum Gasteiger partial charge on any atom is 0.312 e. The number of nitrogens with one attached hydrogen (secondary N) is 1. The number of nitrogens with two attached hydrogens (primary N) is 2. The Hall–Kier alpha value is -2.09. The van der Waals surface area contributed by atoms with E-state index in [9.17, 15) is 14.4 Å². The van der Waals surface area contributed by atoms with E-state index in [1.54, 1.807) is 6.07 Å². The molecule has 5 N–H and O–H groups in total. The molecular formula is C16H21BrN4O3. The fourth-order valence-corrected chi connectivity index (χ4v) is 3.38. The van der Waals surface area contributed by atoms with Gasteiger partial charge in [-0.3, -0.25) is 9.59 Å². The number of benzene rings is 1. The number of piperidine rings is 1. The van der Waals surface area contributed by atoms with Gasteiger partial charge in [-0.05, 0) is 37.0 Å². The SMILES string of the molecule is NC(=O)N[C@@H](CC(=O)N1CCCC[C@@H]1C(N)=O)c1cccc(Br)c1. The highest BCUT2D eigenvalue weighted by Crippen LogP contribution is 2.24. The molecule has 1 aromatic carbocycles. The number of primary amides is 2. The molecule has 1 aliphatic rings. The second-order valence-corrected chi connectivity index (χ2v) is 6.74. The third-order valence-electron chi connectivity index (χ3n) is 4.10. The molecule has 0 aromatic heterocycles. The second kappa shape index (κ2) is 8.14. The van der Waals surface area contributed by atoms with Crippen LogP contribution in [0.1, 0.15) is 37.3 Å². The molecule has 0 saturated carbocycles. The van der Waals surface area contributed by atoms with E-state index in [-0.39, 0.29) is 12.3 Å². The molecule has 0 aliphatic carbocycles. The zero-order valence-electron chi connectivity index (χ0n) is 13.2. The Kier molecular flexibility index (Phi) is 6.19. The summed E-state index contributed by atoms with van der Waals surface area (Å²) in [4.78, 5) is 37.1. The van der Waals surface area contributed by atoms with Crippen molar-refractivity contribution in [2.24, 2.45) is 11.5 Å². The molecule has 2 atom stereocenters. The van der Waals surface area contributed by atoms with Crippen LogP contribution in [0.5, 0.6) is 0 Å². The summed E-state index contributed by atoms with van der Waals surface area (Å²) < 4.78 is 0.830. The van der Waals surface area contributed by atoms with Crippen LogP contribution >= 0.6 is 15.9 Å². The number of carbonyl (C=O) groups excluding carboxylic acids is 3.